The van der Waals surface area contributed by atoms with Crippen LogP contribution in [0.4, 0.5) is 0 Å². The minimum Gasteiger partial charge on any atom is -0.496 e. The molecule has 0 fully saturated rings. The smallest absolute Gasteiger partial charge is 0.130 e. The molecule has 0 saturated heterocycles. The molecule has 0 saturated carbocycles. The van der Waals surface area contributed by atoms with Crippen molar-refractivity contribution in [2.24, 2.45) is 0 Å². The third-order valence-corrected chi connectivity index (χ3v) is 4.47. The highest BCUT2D eigenvalue weighted by atomic mass is 32.2. The normalized spacial score (nSPS) is 11.3. The Balaban J connectivity index is 2.87. The SMILES string of the molecule is COc1cc(OC)c(CNCC(C)(C)SC)c(OC)c1. The topological polar surface area (TPSA) is 39.7 Å². The van der Waals surface area contributed by atoms with Gasteiger partial charge in [-0.15, -0.1) is 0 Å². The van der Waals surface area contributed by atoms with Crippen LogP contribution < -0.4 is 19.5 Å². The Kier molecular flexibility index (Phi) is 6.49. The molecule has 1 rings (SSSR count). The number of hydrogen-bond acceptors (Lipinski definition) is 5. The molecule has 1 aromatic carbocycles. The molecule has 5 heteroatoms. The third kappa shape index (κ3) is 4.49. The van der Waals surface area contributed by atoms with Gasteiger partial charge in [0.25, 0.3) is 0 Å². The van der Waals surface area contributed by atoms with Crippen LogP contribution in [-0.2, 0) is 6.54 Å². The molecule has 20 heavy (non-hydrogen) atoms. The molecule has 0 aliphatic rings. The molecule has 0 unspecified atom stereocenters. The molecule has 0 atom stereocenters. The van der Waals surface area contributed by atoms with Crippen LogP contribution in [0.2, 0.25) is 0 Å². The summed E-state index contributed by atoms with van der Waals surface area (Å²) in [6.07, 6.45) is 2.12. The molecular weight excluding hydrogens is 274 g/mol. The van der Waals surface area contributed by atoms with Crippen molar-refractivity contribution in [2.45, 2.75) is 25.1 Å². The van der Waals surface area contributed by atoms with E-state index >= 15 is 0 Å². The number of methoxy groups -OCH3 is 3. The minimum atomic E-state index is 0.201. The van der Waals surface area contributed by atoms with Gasteiger partial charge >= 0.3 is 0 Å². The molecule has 0 radical (unpaired) electrons. The minimum absolute atomic E-state index is 0.201. The Morgan fingerprint density at radius 1 is 1.05 bits per heavy atom. The Morgan fingerprint density at radius 2 is 1.60 bits per heavy atom. The molecule has 1 N–H and O–H groups in total. The number of thioether (sulfide) groups is 1. The highest BCUT2D eigenvalue weighted by Gasteiger charge is 2.17. The maximum absolute atomic E-state index is 5.43. The molecule has 114 valence electrons. The van der Waals surface area contributed by atoms with E-state index in [0.29, 0.717) is 6.54 Å². The van der Waals surface area contributed by atoms with Crippen molar-refractivity contribution in [2.75, 3.05) is 34.1 Å². The molecule has 0 spiro atoms. The number of ether oxygens (including phenoxy) is 3. The zero-order valence-electron chi connectivity index (χ0n) is 13.2. The quantitative estimate of drug-likeness (QED) is 0.799. The number of rotatable bonds is 8. The van der Waals surface area contributed by atoms with Crippen molar-refractivity contribution < 1.29 is 14.2 Å². The van der Waals surface area contributed by atoms with Crippen LogP contribution in [0.15, 0.2) is 12.1 Å². The van der Waals surface area contributed by atoms with Crippen LogP contribution in [-0.4, -0.2) is 38.9 Å². The summed E-state index contributed by atoms with van der Waals surface area (Å²) in [6.45, 7) is 6.03. The Bertz CT molecular complexity index is 410. The molecule has 0 aromatic heterocycles. The first-order valence-corrected chi connectivity index (χ1v) is 7.74. The largest absolute Gasteiger partial charge is 0.496 e. The van der Waals surface area contributed by atoms with Crippen LogP contribution >= 0.6 is 11.8 Å². The average Bonchev–Trinajstić information content (AvgIpc) is 2.46. The number of nitrogens with one attached hydrogen (secondary N) is 1. The van der Waals surface area contributed by atoms with Gasteiger partial charge in [0.15, 0.2) is 0 Å². The summed E-state index contributed by atoms with van der Waals surface area (Å²) >= 11 is 1.84. The summed E-state index contributed by atoms with van der Waals surface area (Å²) in [5, 5.41) is 3.46. The van der Waals surface area contributed by atoms with E-state index in [2.05, 4.69) is 25.4 Å². The predicted octanol–water partition coefficient (Wildman–Crippen LogP) is 2.94. The maximum atomic E-state index is 5.43. The fourth-order valence-corrected chi connectivity index (χ4v) is 2.06. The van der Waals surface area contributed by atoms with Crippen molar-refractivity contribution in [3.63, 3.8) is 0 Å². The maximum Gasteiger partial charge on any atom is 0.130 e. The van der Waals surface area contributed by atoms with Gasteiger partial charge in [-0.1, -0.05) is 0 Å². The highest BCUT2D eigenvalue weighted by Crippen LogP contribution is 2.34. The second-order valence-corrected chi connectivity index (χ2v) is 6.59. The van der Waals surface area contributed by atoms with Crippen molar-refractivity contribution in [3.8, 4) is 17.2 Å². The first-order chi connectivity index (χ1) is 9.47. The van der Waals surface area contributed by atoms with E-state index in [1.54, 1.807) is 21.3 Å². The van der Waals surface area contributed by atoms with E-state index in [9.17, 15) is 0 Å². The molecule has 0 aliphatic carbocycles. The summed E-state index contributed by atoms with van der Waals surface area (Å²) in [5.41, 5.74) is 1.01. The molecule has 0 aliphatic heterocycles. The molecule has 0 amide bonds. The molecule has 0 heterocycles. The van der Waals surface area contributed by atoms with Gasteiger partial charge < -0.3 is 19.5 Å². The van der Waals surface area contributed by atoms with E-state index < -0.39 is 0 Å². The van der Waals surface area contributed by atoms with Crippen LogP contribution in [0.5, 0.6) is 17.2 Å². The second-order valence-electron chi connectivity index (χ2n) is 5.08. The zero-order valence-corrected chi connectivity index (χ0v) is 14.0. The van der Waals surface area contributed by atoms with Gasteiger partial charge in [-0.3, -0.25) is 0 Å². The lowest BCUT2D eigenvalue weighted by Gasteiger charge is -2.23. The lowest BCUT2D eigenvalue weighted by Crippen LogP contribution is -2.31. The van der Waals surface area contributed by atoms with Gasteiger partial charge in [0.05, 0.1) is 26.9 Å². The summed E-state index contributed by atoms with van der Waals surface area (Å²) in [6, 6.07) is 3.75. The standard InChI is InChI=1S/C15H25NO3S/c1-15(2,20-6)10-16-9-12-13(18-4)7-11(17-3)8-14(12)19-5/h7-8,16H,9-10H2,1-6H3. The van der Waals surface area contributed by atoms with Crippen molar-refractivity contribution in [1.82, 2.24) is 5.32 Å². The van der Waals surface area contributed by atoms with Crippen LogP contribution in [0, 0.1) is 0 Å². The number of benzene rings is 1. The first-order valence-electron chi connectivity index (χ1n) is 6.52. The Labute approximate surface area is 126 Å². The molecule has 4 nitrogen and oxygen atoms in total. The van der Waals surface area contributed by atoms with Gasteiger partial charge in [-0.25, -0.2) is 0 Å². The van der Waals surface area contributed by atoms with E-state index in [0.717, 1.165) is 29.4 Å². The lowest BCUT2D eigenvalue weighted by molar-refractivity contribution is 0.366. The van der Waals surface area contributed by atoms with E-state index in [4.69, 9.17) is 14.2 Å². The Morgan fingerprint density at radius 3 is 2.00 bits per heavy atom. The zero-order chi connectivity index (χ0) is 15.2. The summed E-state index contributed by atoms with van der Waals surface area (Å²) in [7, 11) is 4.94. The summed E-state index contributed by atoms with van der Waals surface area (Å²) in [5.74, 6) is 2.28. The summed E-state index contributed by atoms with van der Waals surface area (Å²) < 4.78 is 16.3. The van der Waals surface area contributed by atoms with Crippen molar-refractivity contribution in [3.05, 3.63) is 17.7 Å². The highest BCUT2D eigenvalue weighted by molar-refractivity contribution is 7.99. The van der Waals surface area contributed by atoms with E-state index in [1.165, 1.54) is 0 Å². The second kappa shape index (κ2) is 7.64. The van der Waals surface area contributed by atoms with E-state index in [-0.39, 0.29) is 4.75 Å². The Hall–Kier alpha value is -1.07. The van der Waals surface area contributed by atoms with Crippen molar-refractivity contribution in [1.29, 1.82) is 0 Å². The monoisotopic (exact) mass is 299 g/mol. The van der Waals surface area contributed by atoms with Crippen LogP contribution in [0.3, 0.4) is 0 Å². The first kappa shape index (κ1) is 17.0. The predicted molar refractivity (Wildman–Crippen MR) is 85.4 cm³/mol. The van der Waals surface area contributed by atoms with E-state index in [1.807, 2.05) is 23.9 Å². The summed E-state index contributed by atoms with van der Waals surface area (Å²) in [4.78, 5) is 0. The van der Waals surface area contributed by atoms with Gasteiger partial charge in [0.1, 0.15) is 17.2 Å². The van der Waals surface area contributed by atoms with Gasteiger partial charge in [-0.05, 0) is 20.1 Å². The van der Waals surface area contributed by atoms with Gasteiger partial charge in [-0.2, -0.15) is 11.8 Å². The van der Waals surface area contributed by atoms with Crippen LogP contribution in [0.1, 0.15) is 19.4 Å². The van der Waals surface area contributed by atoms with Crippen molar-refractivity contribution >= 4 is 11.8 Å². The number of hydrogen-bond donors (Lipinski definition) is 1. The van der Waals surface area contributed by atoms with Gasteiger partial charge in [0.2, 0.25) is 0 Å². The van der Waals surface area contributed by atoms with Crippen LogP contribution in [0.25, 0.3) is 0 Å². The fourth-order valence-electron chi connectivity index (χ4n) is 1.81. The average molecular weight is 299 g/mol. The molecular formula is C15H25NO3S. The fraction of sp³-hybridized carbons (Fsp3) is 0.600. The van der Waals surface area contributed by atoms with Gasteiger partial charge in [0, 0.05) is 30.0 Å². The lowest BCUT2D eigenvalue weighted by atomic mass is 10.1. The molecule has 0 bridgehead atoms. The third-order valence-electron chi connectivity index (χ3n) is 3.22. The molecule has 1 aromatic rings.